The summed E-state index contributed by atoms with van der Waals surface area (Å²) in [4.78, 5) is 17.0. The van der Waals surface area contributed by atoms with Crippen LogP contribution in [-0.4, -0.2) is 17.7 Å². The third-order valence-electron chi connectivity index (χ3n) is 4.29. The van der Waals surface area contributed by atoms with Crippen molar-refractivity contribution in [1.82, 2.24) is 10.3 Å². The molecule has 3 aromatic rings. The summed E-state index contributed by atoms with van der Waals surface area (Å²) in [7, 11) is 0. The highest BCUT2D eigenvalue weighted by molar-refractivity contribution is 5.95. The molecule has 0 aliphatic carbocycles. The maximum atomic E-state index is 12.5. The second-order valence-corrected chi connectivity index (χ2v) is 6.13. The Bertz CT molecular complexity index is 952. The Morgan fingerprint density at radius 3 is 2.73 bits per heavy atom. The Morgan fingerprint density at radius 2 is 1.88 bits per heavy atom. The number of pyridine rings is 1. The molecule has 0 saturated carbocycles. The fourth-order valence-electron chi connectivity index (χ4n) is 2.87. The first-order chi connectivity index (χ1) is 12.7. The highest BCUT2D eigenvalue weighted by atomic mass is 16.7. The largest absolute Gasteiger partial charge is 0.454 e. The summed E-state index contributed by atoms with van der Waals surface area (Å²) in [6.45, 7) is 2.63. The Hall–Kier alpha value is -3.34. The average Bonchev–Trinajstić information content (AvgIpc) is 3.15. The Labute approximate surface area is 151 Å². The first kappa shape index (κ1) is 16.1. The fraction of sp³-hybridized carbons (Fsp3) is 0.143. The molecule has 4 rings (SSSR count). The van der Waals surface area contributed by atoms with Gasteiger partial charge in [0.05, 0.1) is 5.69 Å². The molecular formula is C21H18N2O3. The maximum absolute atomic E-state index is 12.5. The second-order valence-electron chi connectivity index (χ2n) is 6.13. The molecule has 130 valence electrons. The lowest BCUT2D eigenvalue weighted by atomic mass is 10.0. The van der Waals surface area contributed by atoms with Crippen LogP contribution in [0.2, 0.25) is 0 Å². The van der Waals surface area contributed by atoms with E-state index in [1.54, 1.807) is 24.4 Å². The molecule has 5 nitrogen and oxygen atoms in total. The van der Waals surface area contributed by atoms with Crippen molar-refractivity contribution in [2.24, 2.45) is 0 Å². The van der Waals surface area contributed by atoms with Crippen molar-refractivity contribution in [3.63, 3.8) is 0 Å². The zero-order chi connectivity index (χ0) is 17.9. The number of hydrogen-bond donors (Lipinski definition) is 1. The van der Waals surface area contributed by atoms with Gasteiger partial charge < -0.3 is 14.8 Å². The molecule has 2 aromatic carbocycles. The van der Waals surface area contributed by atoms with Gasteiger partial charge in [-0.2, -0.15) is 0 Å². The molecule has 0 radical (unpaired) electrons. The Kier molecular flexibility index (Phi) is 4.27. The highest BCUT2D eigenvalue weighted by Gasteiger charge is 2.16. The van der Waals surface area contributed by atoms with E-state index in [9.17, 15) is 4.79 Å². The molecule has 0 fully saturated rings. The molecule has 26 heavy (non-hydrogen) atoms. The van der Waals surface area contributed by atoms with Crippen LogP contribution < -0.4 is 14.8 Å². The molecule has 0 spiro atoms. The molecule has 1 N–H and O–H groups in total. The van der Waals surface area contributed by atoms with Crippen LogP contribution in [0.15, 0.2) is 60.8 Å². The summed E-state index contributed by atoms with van der Waals surface area (Å²) in [5, 5.41) is 2.95. The lowest BCUT2D eigenvalue weighted by Gasteiger charge is -2.10. The normalized spacial score (nSPS) is 12.0. The monoisotopic (exact) mass is 346 g/mol. The minimum Gasteiger partial charge on any atom is -0.454 e. The van der Waals surface area contributed by atoms with Crippen molar-refractivity contribution in [2.75, 3.05) is 6.79 Å². The van der Waals surface area contributed by atoms with E-state index in [0.29, 0.717) is 23.6 Å². The SMILES string of the molecule is Cc1ccc(-c2ncccc2CNC(=O)c2ccc3c(c2)OCO3)cc1. The number of aryl methyl sites for hydroxylation is 1. The zero-order valence-electron chi connectivity index (χ0n) is 14.4. The van der Waals surface area contributed by atoms with E-state index in [2.05, 4.69) is 29.4 Å². The lowest BCUT2D eigenvalue weighted by Crippen LogP contribution is -2.23. The number of aromatic nitrogens is 1. The van der Waals surface area contributed by atoms with Gasteiger partial charge in [0.15, 0.2) is 11.5 Å². The fourth-order valence-corrected chi connectivity index (χ4v) is 2.87. The molecule has 1 aliphatic rings. The molecule has 1 aliphatic heterocycles. The predicted molar refractivity (Wildman–Crippen MR) is 98.1 cm³/mol. The number of ether oxygens (including phenoxy) is 2. The average molecular weight is 346 g/mol. The molecular weight excluding hydrogens is 328 g/mol. The number of fused-ring (bicyclic) bond motifs is 1. The van der Waals surface area contributed by atoms with Gasteiger partial charge in [0.25, 0.3) is 5.91 Å². The third kappa shape index (κ3) is 3.24. The highest BCUT2D eigenvalue weighted by Crippen LogP contribution is 2.32. The molecule has 0 unspecified atom stereocenters. The van der Waals surface area contributed by atoms with E-state index >= 15 is 0 Å². The minimum absolute atomic E-state index is 0.165. The van der Waals surface area contributed by atoms with Crippen LogP contribution in [0.25, 0.3) is 11.3 Å². The number of amides is 1. The minimum atomic E-state index is -0.165. The van der Waals surface area contributed by atoms with Crippen molar-refractivity contribution < 1.29 is 14.3 Å². The van der Waals surface area contributed by atoms with Gasteiger partial charge in [-0.15, -0.1) is 0 Å². The van der Waals surface area contributed by atoms with E-state index in [1.165, 1.54) is 5.56 Å². The Balaban J connectivity index is 1.51. The van der Waals surface area contributed by atoms with Crippen molar-refractivity contribution in [2.45, 2.75) is 13.5 Å². The molecule has 2 heterocycles. The van der Waals surface area contributed by atoms with E-state index < -0.39 is 0 Å². The van der Waals surface area contributed by atoms with Gasteiger partial charge >= 0.3 is 0 Å². The number of rotatable bonds is 4. The van der Waals surface area contributed by atoms with Crippen LogP contribution in [0.5, 0.6) is 11.5 Å². The van der Waals surface area contributed by atoms with Crippen molar-refractivity contribution in [1.29, 1.82) is 0 Å². The van der Waals surface area contributed by atoms with E-state index in [0.717, 1.165) is 16.8 Å². The van der Waals surface area contributed by atoms with Gasteiger partial charge in [-0.05, 0) is 36.8 Å². The summed E-state index contributed by atoms with van der Waals surface area (Å²) in [6, 6.07) is 17.2. The zero-order valence-corrected chi connectivity index (χ0v) is 14.4. The number of hydrogen-bond acceptors (Lipinski definition) is 4. The van der Waals surface area contributed by atoms with Crippen LogP contribution in [-0.2, 0) is 6.54 Å². The first-order valence-electron chi connectivity index (χ1n) is 8.39. The number of benzene rings is 2. The molecule has 0 saturated heterocycles. The van der Waals surface area contributed by atoms with Crippen LogP contribution in [0.3, 0.4) is 0 Å². The van der Waals surface area contributed by atoms with Gasteiger partial charge in [-0.1, -0.05) is 35.9 Å². The van der Waals surface area contributed by atoms with Gasteiger partial charge in [0, 0.05) is 23.9 Å². The van der Waals surface area contributed by atoms with Gasteiger partial charge in [0.1, 0.15) is 0 Å². The van der Waals surface area contributed by atoms with Gasteiger partial charge in [-0.3, -0.25) is 9.78 Å². The second kappa shape index (κ2) is 6.88. The molecule has 1 aromatic heterocycles. The standard InChI is InChI=1S/C21H18N2O3/c1-14-4-6-15(7-5-14)20-17(3-2-10-22-20)12-23-21(24)16-8-9-18-19(11-16)26-13-25-18/h2-11H,12-13H2,1H3,(H,23,24). The van der Waals surface area contributed by atoms with Gasteiger partial charge in [0.2, 0.25) is 6.79 Å². The van der Waals surface area contributed by atoms with Crippen LogP contribution in [0, 0.1) is 6.92 Å². The number of carbonyl (C=O) groups is 1. The summed E-state index contributed by atoms with van der Waals surface area (Å²) in [5.41, 5.74) is 4.60. The number of carbonyl (C=O) groups excluding carboxylic acids is 1. The van der Waals surface area contributed by atoms with Crippen LogP contribution in [0.4, 0.5) is 0 Å². The number of nitrogens with one attached hydrogen (secondary N) is 1. The summed E-state index contributed by atoms with van der Waals surface area (Å²) >= 11 is 0. The molecule has 1 amide bonds. The van der Waals surface area contributed by atoms with Crippen LogP contribution in [0.1, 0.15) is 21.5 Å². The topological polar surface area (TPSA) is 60.5 Å². The lowest BCUT2D eigenvalue weighted by molar-refractivity contribution is 0.0950. The molecule has 5 heteroatoms. The van der Waals surface area contributed by atoms with Crippen LogP contribution >= 0.6 is 0 Å². The third-order valence-corrected chi connectivity index (χ3v) is 4.29. The van der Waals surface area contributed by atoms with Gasteiger partial charge in [-0.25, -0.2) is 0 Å². The smallest absolute Gasteiger partial charge is 0.251 e. The number of nitrogens with zero attached hydrogens (tertiary/aromatic N) is 1. The molecule has 0 atom stereocenters. The van der Waals surface area contributed by atoms with Crippen molar-refractivity contribution >= 4 is 5.91 Å². The summed E-state index contributed by atoms with van der Waals surface area (Å²) < 4.78 is 10.6. The quantitative estimate of drug-likeness (QED) is 0.782. The van der Waals surface area contributed by atoms with Crippen molar-refractivity contribution in [3.8, 4) is 22.8 Å². The Morgan fingerprint density at radius 1 is 1.08 bits per heavy atom. The molecule has 0 bridgehead atoms. The van der Waals surface area contributed by atoms with E-state index in [-0.39, 0.29) is 12.7 Å². The van der Waals surface area contributed by atoms with E-state index in [4.69, 9.17) is 9.47 Å². The van der Waals surface area contributed by atoms with E-state index in [1.807, 2.05) is 24.3 Å². The summed E-state index contributed by atoms with van der Waals surface area (Å²) in [6.07, 6.45) is 1.76. The first-order valence-corrected chi connectivity index (χ1v) is 8.39. The van der Waals surface area contributed by atoms with Crippen molar-refractivity contribution in [3.05, 3.63) is 77.5 Å². The predicted octanol–water partition coefficient (Wildman–Crippen LogP) is 3.72. The maximum Gasteiger partial charge on any atom is 0.251 e. The summed E-state index contributed by atoms with van der Waals surface area (Å²) in [5.74, 6) is 1.09.